The number of aryl methyl sites for hydroxylation is 1. The van der Waals surface area contributed by atoms with Crippen molar-refractivity contribution in [1.82, 2.24) is 4.98 Å². The first kappa shape index (κ1) is 9.68. The molecule has 0 aliphatic heterocycles. The van der Waals surface area contributed by atoms with Crippen LogP contribution >= 0.6 is 11.3 Å². The summed E-state index contributed by atoms with van der Waals surface area (Å²) in [5, 5.41) is 3.17. The Balaban J connectivity index is 2.47. The molecule has 0 spiro atoms. The van der Waals surface area contributed by atoms with Crippen LogP contribution in [-0.4, -0.2) is 4.98 Å². The van der Waals surface area contributed by atoms with E-state index in [9.17, 15) is 0 Å². The molecule has 0 unspecified atom stereocenters. The molecule has 2 N–H and O–H groups in total. The molecule has 0 aliphatic carbocycles. The smallest absolute Gasteiger partial charge is 0.0898 e. The van der Waals surface area contributed by atoms with Gasteiger partial charge in [0, 0.05) is 11.4 Å². The van der Waals surface area contributed by atoms with Gasteiger partial charge in [0.05, 0.1) is 10.7 Å². The van der Waals surface area contributed by atoms with Gasteiger partial charge in [-0.15, -0.1) is 11.3 Å². The van der Waals surface area contributed by atoms with Crippen LogP contribution in [-0.2, 0) is 0 Å². The summed E-state index contributed by atoms with van der Waals surface area (Å²) in [5.74, 6) is 0. The standard InChI is InChI=1S/C9H16N2S/c1-3-4-5-8(10)9-6-12-7(2)11-9/h6,8H,3-5,10H2,1-2H3/t8-/m1/s1. The molecule has 0 saturated carbocycles. The zero-order valence-electron chi connectivity index (χ0n) is 7.71. The van der Waals surface area contributed by atoms with Gasteiger partial charge in [-0.1, -0.05) is 19.8 Å². The van der Waals surface area contributed by atoms with E-state index in [0.717, 1.165) is 17.1 Å². The second-order valence-corrected chi connectivity index (χ2v) is 4.10. The van der Waals surface area contributed by atoms with Crippen LogP contribution in [0.2, 0.25) is 0 Å². The van der Waals surface area contributed by atoms with Gasteiger partial charge >= 0.3 is 0 Å². The van der Waals surface area contributed by atoms with Crippen molar-refractivity contribution in [1.29, 1.82) is 0 Å². The molecule has 0 aromatic carbocycles. The van der Waals surface area contributed by atoms with Crippen LogP contribution in [0.4, 0.5) is 0 Å². The average molecular weight is 184 g/mol. The van der Waals surface area contributed by atoms with E-state index in [0.29, 0.717) is 0 Å². The highest BCUT2D eigenvalue weighted by Crippen LogP contribution is 2.18. The topological polar surface area (TPSA) is 38.9 Å². The Morgan fingerprint density at radius 1 is 1.67 bits per heavy atom. The van der Waals surface area contributed by atoms with Crippen LogP contribution in [0.3, 0.4) is 0 Å². The maximum Gasteiger partial charge on any atom is 0.0898 e. The summed E-state index contributed by atoms with van der Waals surface area (Å²) in [6.07, 6.45) is 3.45. The van der Waals surface area contributed by atoms with Crippen molar-refractivity contribution in [3.8, 4) is 0 Å². The molecular weight excluding hydrogens is 168 g/mol. The van der Waals surface area contributed by atoms with Crippen LogP contribution in [0.5, 0.6) is 0 Å². The number of hydrogen-bond donors (Lipinski definition) is 1. The monoisotopic (exact) mass is 184 g/mol. The Morgan fingerprint density at radius 3 is 2.92 bits per heavy atom. The second kappa shape index (κ2) is 4.58. The molecule has 1 aromatic heterocycles. The predicted octanol–water partition coefficient (Wildman–Crippen LogP) is 2.64. The van der Waals surface area contributed by atoms with Gasteiger partial charge in [-0.05, 0) is 13.3 Å². The van der Waals surface area contributed by atoms with Gasteiger partial charge in [0.15, 0.2) is 0 Å². The summed E-state index contributed by atoms with van der Waals surface area (Å²) >= 11 is 1.68. The highest BCUT2D eigenvalue weighted by atomic mass is 32.1. The Bertz CT molecular complexity index is 232. The van der Waals surface area contributed by atoms with Crippen molar-refractivity contribution < 1.29 is 0 Å². The van der Waals surface area contributed by atoms with Crippen molar-refractivity contribution in [2.45, 2.75) is 39.2 Å². The van der Waals surface area contributed by atoms with Gasteiger partial charge in [0.1, 0.15) is 0 Å². The fourth-order valence-corrected chi connectivity index (χ4v) is 1.80. The first-order chi connectivity index (χ1) is 5.74. The Morgan fingerprint density at radius 2 is 2.42 bits per heavy atom. The van der Waals surface area contributed by atoms with Gasteiger partial charge in [-0.25, -0.2) is 4.98 Å². The number of rotatable bonds is 4. The lowest BCUT2D eigenvalue weighted by molar-refractivity contribution is 0.592. The SMILES string of the molecule is CCCC[C@@H](N)c1csc(C)n1. The van der Waals surface area contributed by atoms with E-state index in [1.54, 1.807) is 11.3 Å². The van der Waals surface area contributed by atoms with E-state index in [4.69, 9.17) is 5.73 Å². The minimum absolute atomic E-state index is 0.148. The third-order valence-electron chi connectivity index (χ3n) is 1.89. The molecule has 0 radical (unpaired) electrons. The fraction of sp³-hybridized carbons (Fsp3) is 0.667. The summed E-state index contributed by atoms with van der Waals surface area (Å²) in [4.78, 5) is 4.36. The molecular formula is C9H16N2S. The van der Waals surface area contributed by atoms with E-state index >= 15 is 0 Å². The molecule has 1 aromatic rings. The molecule has 68 valence electrons. The minimum atomic E-state index is 0.148. The lowest BCUT2D eigenvalue weighted by atomic mass is 10.1. The van der Waals surface area contributed by atoms with Crippen LogP contribution in [0.1, 0.15) is 42.9 Å². The van der Waals surface area contributed by atoms with E-state index in [-0.39, 0.29) is 6.04 Å². The Hall–Kier alpha value is -0.410. The van der Waals surface area contributed by atoms with Gasteiger partial charge in [0.2, 0.25) is 0 Å². The number of nitrogens with zero attached hydrogens (tertiary/aromatic N) is 1. The largest absolute Gasteiger partial charge is 0.323 e. The summed E-state index contributed by atoms with van der Waals surface area (Å²) < 4.78 is 0. The molecule has 12 heavy (non-hydrogen) atoms. The lowest BCUT2D eigenvalue weighted by Crippen LogP contribution is -2.10. The third-order valence-corrected chi connectivity index (χ3v) is 2.68. The molecule has 0 fully saturated rings. The van der Waals surface area contributed by atoms with Crippen molar-refractivity contribution >= 4 is 11.3 Å². The molecule has 0 bridgehead atoms. The van der Waals surface area contributed by atoms with Crippen LogP contribution in [0.25, 0.3) is 0 Å². The van der Waals surface area contributed by atoms with Crippen LogP contribution in [0, 0.1) is 6.92 Å². The minimum Gasteiger partial charge on any atom is -0.323 e. The summed E-state index contributed by atoms with van der Waals surface area (Å²) in [7, 11) is 0. The Labute approximate surface area is 77.8 Å². The molecule has 0 aliphatic rings. The predicted molar refractivity (Wildman–Crippen MR) is 53.3 cm³/mol. The summed E-state index contributed by atoms with van der Waals surface area (Å²) in [6, 6.07) is 0.148. The van der Waals surface area contributed by atoms with E-state index < -0.39 is 0 Å². The first-order valence-electron chi connectivity index (χ1n) is 4.41. The Kier molecular flexibility index (Phi) is 3.69. The molecule has 2 nitrogen and oxygen atoms in total. The van der Waals surface area contributed by atoms with Crippen LogP contribution in [0.15, 0.2) is 5.38 Å². The molecule has 1 heterocycles. The molecule has 3 heteroatoms. The number of thiazole rings is 1. The van der Waals surface area contributed by atoms with Crippen molar-refractivity contribution in [2.24, 2.45) is 5.73 Å². The fourth-order valence-electron chi connectivity index (χ4n) is 1.12. The third kappa shape index (κ3) is 2.57. The van der Waals surface area contributed by atoms with Crippen molar-refractivity contribution in [3.05, 3.63) is 16.1 Å². The van der Waals surface area contributed by atoms with Crippen molar-refractivity contribution in [2.75, 3.05) is 0 Å². The van der Waals surface area contributed by atoms with E-state index in [2.05, 4.69) is 17.3 Å². The zero-order valence-corrected chi connectivity index (χ0v) is 8.53. The molecule has 1 rings (SSSR count). The first-order valence-corrected chi connectivity index (χ1v) is 5.29. The highest BCUT2D eigenvalue weighted by molar-refractivity contribution is 7.09. The van der Waals surface area contributed by atoms with Crippen molar-refractivity contribution in [3.63, 3.8) is 0 Å². The summed E-state index contributed by atoms with van der Waals surface area (Å²) in [5.41, 5.74) is 7.00. The van der Waals surface area contributed by atoms with Crippen LogP contribution < -0.4 is 5.73 Å². The normalized spacial score (nSPS) is 13.2. The maximum absolute atomic E-state index is 5.94. The average Bonchev–Trinajstić information content (AvgIpc) is 2.47. The second-order valence-electron chi connectivity index (χ2n) is 3.04. The number of aromatic nitrogens is 1. The number of unbranched alkanes of at least 4 members (excludes halogenated alkanes) is 1. The maximum atomic E-state index is 5.94. The number of hydrogen-bond acceptors (Lipinski definition) is 3. The summed E-state index contributed by atoms with van der Waals surface area (Å²) in [6.45, 7) is 4.19. The van der Waals surface area contributed by atoms with E-state index in [1.807, 2.05) is 6.92 Å². The lowest BCUT2D eigenvalue weighted by Gasteiger charge is -2.06. The van der Waals surface area contributed by atoms with Gasteiger partial charge in [-0.3, -0.25) is 0 Å². The quantitative estimate of drug-likeness (QED) is 0.781. The van der Waals surface area contributed by atoms with Gasteiger partial charge < -0.3 is 5.73 Å². The molecule has 1 atom stereocenters. The van der Waals surface area contributed by atoms with E-state index in [1.165, 1.54) is 12.8 Å². The number of nitrogens with two attached hydrogens (primary N) is 1. The molecule has 0 saturated heterocycles. The zero-order chi connectivity index (χ0) is 8.97. The highest BCUT2D eigenvalue weighted by Gasteiger charge is 2.07. The van der Waals surface area contributed by atoms with Gasteiger partial charge in [0.25, 0.3) is 0 Å². The molecule has 0 amide bonds. The van der Waals surface area contributed by atoms with Gasteiger partial charge in [-0.2, -0.15) is 0 Å².